The summed E-state index contributed by atoms with van der Waals surface area (Å²) >= 11 is 0. The van der Waals surface area contributed by atoms with Crippen LogP contribution in [0.25, 0.3) is 88.6 Å². The Morgan fingerprint density at radius 3 is 2.00 bits per heavy atom. The van der Waals surface area contributed by atoms with Crippen LogP contribution < -0.4 is 9.64 Å². The summed E-state index contributed by atoms with van der Waals surface area (Å²) in [6.45, 7) is 0. The van der Waals surface area contributed by atoms with Gasteiger partial charge in [0, 0.05) is 28.1 Å². The lowest BCUT2D eigenvalue weighted by Crippen LogP contribution is -2.12. The maximum absolute atomic E-state index is 6.67. The Morgan fingerprint density at radius 2 is 1.17 bits per heavy atom. The van der Waals surface area contributed by atoms with Crippen molar-refractivity contribution in [2.75, 3.05) is 12.0 Å². The van der Waals surface area contributed by atoms with Crippen molar-refractivity contribution < 1.29 is 18.0 Å². The quantitative estimate of drug-likeness (QED) is 0.160. The maximum Gasteiger partial charge on any atom is 0.231 e. The molecule has 0 aliphatic carbocycles. The van der Waals surface area contributed by atoms with Gasteiger partial charge in [-0.05, 0) is 100 Å². The molecule has 7 nitrogen and oxygen atoms in total. The standard InChI is InChI=1S/C47H29N3O4/c1-51-45-35(47-49-39-16-5-7-19-42(39)54-47)14-9-17-40(45)50(31-12-8-11-30(24-31)46-48-38-15-4-6-18-41(38)53-46)32-22-23-34-37-25-29-21-20-28-10-2-3-13-33(28)36(29)27-44(37)52-43(34)26-32/h2-27H,1H3. The molecule has 0 saturated carbocycles. The molecular weight excluding hydrogens is 671 g/mol. The molecule has 0 saturated heterocycles. The number of para-hydroxylation sites is 5. The van der Waals surface area contributed by atoms with E-state index < -0.39 is 0 Å². The SMILES string of the molecule is COc1c(-c2nc3ccccc3o2)cccc1N(c1cccc(-c2nc3ccccc3o2)c1)c1ccc2c(c1)oc1cc3c(ccc4ccccc43)cc12. The molecule has 256 valence electrons. The lowest BCUT2D eigenvalue weighted by atomic mass is 10.00. The van der Waals surface area contributed by atoms with Gasteiger partial charge >= 0.3 is 0 Å². The average molecular weight is 700 g/mol. The van der Waals surface area contributed by atoms with Gasteiger partial charge in [-0.3, -0.25) is 0 Å². The molecular formula is C47H29N3O4. The van der Waals surface area contributed by atoms with Gasteiger partial charge in [-0.2, -0.15) is 0 Å². The second kappa shape index (κ2) is 11.8. The number of fused-ring (bicyclic) bond motifs is 8. The number of nitrogens with zero attached hydrogens (tertiary/aromatic N) is 3. The molecule has 0 unspecified atom stereocenters. The van der Waals surface area contributed by atoms with E-state index in [1.165, 1.54) is 21.5 Å². The van der Waals surface area contributed by atoms with E-state index in [-0.39, 0.29) is 0 Å². The molecule has 11 aromatic rings. The number of benzene rings is 8. The predicted octanol–water partition coefficient (Wildman–Crippen LogP) is 13.0. The minimum absolute atomic E-state index is 0.474. The Hall–Kier alpha value is -7.38. The average Bonchev–Trinajstić information content (AvgIpc) is 3.95. The Kier molecular flexibility index (Phi) is 6.63. The third-order valence-corrected chi connectivity index (χ3v) is 10.2. The molecule has 0 amide bonds. The summed E-state index contributed by atoms with van der Waals surface area (Å²) in [5.41, 5.74) is 8.74. The number of anilines is 3. The Balaban J connectivity index is 1.12. The zero-order valence-corrected chi connectivity index (χ0v) is 29.0. The number of methoxy groups -OCH3 is 1. The lowest BCUT2D eigenvalue weighted by Gasteiger charge is -2.28. The molecule has 0 N–H and O–H groups in total. The van der Waals surface area contributed by atoms with Crippen LogP contribution in [0, 0.1) is 0 Å². The highest BCUT2D eigenvalue weighted by Crippen LogP contribution is 2.47. The number of oxazole rings is 2. The molecule has 0 spiro atoms. The number of hydrogen-bond donors (Lipinski definition) is 0. The summed E-state index contributed by atoms with van der Waals surface area (Å²) in [7, 11) is 1.68. The second-order valence-electron chi connectivity index (χ2n) is 13.4. The fourth-order valence-corrected chi connectivity index (χ4v) is 7.68. The molecule has 0 aliphatic heterocycles. The summed E-state index contributed by atoms with van der Waals surface area (Å²) in [4.78, 5) is 11.8. The highest BCUT2D eigenvalue weighted by Gasteiger charge is 2.24. The van der Waals surface area contributed by atoms with Gasteiger partial charge in [-0.25, -0.2) is 9.97 Å². The summed E-state index contributed by atoms with van der Waals surface area (Å²) in [6, 6.07) is 53.3. The van der Waals surface area contributed by atoms with E-state index in [0.717, 1.165) is 66.7 Å². The van der Waals surface area contributed by atoms with E-state index >= 15 is 0 Å². The van der Waals surface area contributed by atoms with E-state index in [1.807, 2.05) is 78.9 Å². The first-order valence-corrected chi connectivity index (χ1v) is 17.8. The Morgan fingerprint density at radius 1 is 0.463 bits per heavy atom. The van der Waals surface area contributed by atoms with Crippen molar-refractivity contribution in [1.82, 2.24) is 9.97 Å². The van der Waals surface area contributed by atoms with E-state index in [2.05, 4.69) is 83.8 Å². The molecule has 0 fully saturated rings. The number of aromatic nitrogens is 2. The largest absolute Gasteiger partial charge is 0.494 e. The molecule has 54 heavy (non-hydrogen) atoms. The van der Waals surface area contributed by atoms with Crippen LogP contribution in [0.4, 0.5) is 17.1 Å². The van der Waals surface area contributed by atoms with Crippen LogP contribution in [-0.2, 0) is 0 Å². The zero-order chi connectivity index (χ0) is 35.8. The van der Waals surface area contributed by atoms with Crippen molar-refractivity contribution in [3.63, 3.8) is 0 Å². The highest BCUT2D eigenvalue weighted by molar-refractivity contribution is 6.16. The maximum atomic E-state index is 6.67. The molecule has 11 rings (SSSR count). The van der Waals surface area contributed by atoms with Gasteiger partial charge in [0.15, 0.2) is 16.9 Å². The first kappa shape index (κ1) is 30.3. The van der Waals surface area contributed by atoms with Crippen molar-refractivity contribution in [3.05, 3.63) is 158 Å². The topological polar surface area (TPSA) is 77.7 Å². The lowest BCUT2D eigenvalue weighted by molar-refractivity contribution is 0.416. The van der Waals surface area contributed by atoms with Gasteiger partial charge in [-0.1, -0.05) is 72.8 Å². The van der Waals surface area contributed by atoms with Gasteiger partial charge in [0.05, 0.1) is 24.0 Å². The summed E-state index contributed by atoms with van der Waals surface area (Å²) in [5.74, 6) is 1.62. The minimum atomic E-state index is 0.474. The van der Waals surface area contributed by atoms with Crippen molar-refractivity contribution in [3.8, 4) is 28.7 Å². The van der Waals surface area contributed by atoms with Crippen LogP contribution in [0.1, 0.15) is 0 Å². The zero-order valence-electron chi connectivity index (χ0n) is 29.0. The van der Waals surface area contributed by atoms with Crippen LogP contribution in [0.2, 0.25) is 0 Å². The van der Waals surface area contributed by atoms with Gasteiger partial charge in [0.25, 0.3) is 0 Å². The molecule has 8 aromatic carbocycles. The second-order valence-corrected chi connectivity index (χ2v) is 13.4. The van der Waals surface area contributed by atoms with E-state index in [0.29, 0.717) is 23.1 Å². The van der Waals surface area contributed by atoms with Crippen molar-refractivity contribution in [2.45, 2.75) is 0 Å². The van der Waals surface area contributed by atoms with Crippen molar-refractivity contribution in [1.29, 1.82) is 0 Å². The molecule has 0 atom stereocenters. The Bertz CT molecular complexity index is 3180. The first-order valence-electron chi connectivity index (χ1n) is 17.8. The van der Waals surface area contributed by atoms with Crippen LogP contribution >= 0.6 is 0 Å². The third-order valence-electron chi connectivity index (χ3n) is 10.2. The number of furan rings is 1. The van der Waals surface area contributed by atoms with Crippen molar-refractivity contribution >= 4 is 82.7 Å². The minimum Gasteiger partial charge on any atom is -0.494 e. The number of ether oxygens (including phenoxy) is 1. The van der Waals surface area contributed by atoms with Gasteiger partial charge in [0.2, 0.25) is 11.8 Å². The monoisotopic (exact) mass is 699 g/mol. The van der Waals surface area contributed by atoms with E-state index in [4.69, 9.17) is 28.0 Å². The first-order chi connectivity index (χ1) is 26.7. The molecule has 7 heteroatoms. The fourth-order valence-electron chi connectivity index (χ4n) is 7.68. The van der Waals surface area contributed by atoms with Crippen LogP contribution in [0.5, 0.6) is 5.75 Å². The molecule has 0 aliphatic rings. The highest BCUT2D eigenvalue weighted by atomic mass is 16.5. The van der Waals surface area contributed by atoms with Gasteiger partial charge < -0.3 is 22.9 Å². The van der Waals surface area contributed by atoms with Gasteiger partial charge in [-0.15, -0.1) is 0 Å². The molecule has 3 aromatic heterocycles. The molecule has 0 bridgehead atoms. The summed E-state index contributed by atoms with van der Waals surface area (Å²) < 4.78 is 25.4. The number of rotatable bonds is 6. The van der Waals surface area contributed by atoms with E-state index in [1.54, 1.807) is 7.11 Å². The molecule has 0 radical (unpaired) electrons. The van der Waals surface area contributed by atoms with Crippen LogP contribution in [0.15, 0.2) is 171 Å². The predicted molar refractivity (Wildman–Crippen MR) is 216 cm³/mol. The normalized spacial score (nSPS) is 11.8. The molecule has 3 heterocycles. The van der Waals surface area contributed by atoms with Crippen molar-refractivity contribution in [2.24, 2.45) is 0 Å². The fraction of sp³-hybridized carbons (Fsp3) is 0.0213. The smallest absolute Gasteiger partial charge is 0.231 e. The summed E-state index contributed by atoms with van der Waals surface area (Å²) in [5, 5.41) is 6.85. The Labute approximate surface area is 308 Å². The van der Waals surface area contributed by atoms with Crippen LogP contribution in [0.3, 0.4) is 0 Å². The van der Waals surface area contributed by atoms with Gasteiger partial charge in [0.1, 0.15) is 22.2 Å². The van der Waals surface area contributed by atoms with Crippen LogP contribution in [-0.4, -0.2) is 17.1 Å². The summed E-state index contributed by atoms with van der Waals surface area (Å²) in [6.07, 6.45) is 0. The number of hydrogen-bond acceptors (Lipinski definition) is 7. The van der Waals surface area contributed by atoms with E-state index in [9.17, 15) is 0 Å². The third kappa shape index (κ3) is 4.76.